The molecule has 0 aromatic heterocycles. The van der Waals surface area contributed by atoms with Crippen LogP contribution >= 0.6 is 15.9 Å². The fraction of sp³-hybridized carbons (Fsp3) is 0. The fourth-order valence-corrected chi connectivity index (χ4v) is 3.35. The average Bonchev–Trinajstić information content (AvgIpc) is 3.18. The van der Waals surface area contributed by atoms with Crippen LogP contribution in [-0.4, -0.2) is 17.8 Å². The summed E-state index contributed by atoms with van der Waals surface area (Å²) >= 11 is 3.40. The van der Waals surface area contributed by atoms with Gasteiger partial charge in [-0.15, -0.1) is 0 Å². The Labute approximate surface area is 199 Å². The Balaban J connectivity index is 1.53. The Morgan fingerprint density at radius 3 is 2.24 bits per heavy atom. The summed E-state index contributed by atoms with van der Waals surface area (Å²) in [5.41, 5.74) is 2.46. The summed E-state index contributed by atoms with van der Waals surface area (Å²) in [5, 5.41) is 0. The fourth-order valence-electron chi connectivity index (χ4n) is 2.97. The van der Waals surface area contributed by atoms with Crippen LogP contribution in [0.4, 0.5) is 0 Å². The number of nitrogens with zero attached hydrogens (tertiary/aromatic N) is 1. The minimum absolute atomic E-state index is 0.109. The molecule has 162 valence electrons. The second kappa shape index (κ2) is 10.5. The van der Waals surface area contributed by atoms with Crippen molar-refractivity contribution in [2.75, 3.05) is 0 Å². The van der Waals surface area contributed by atoms with Gasteiger partial charge in [0, 0.05) is 22.2 Å². The van der Waals surface area contributed by atoms with E-state index in [-0.39, 0.29) is 11.6 Å². The zero-order chi connectivity index (χ0) is 23.0. The Kier molecular flexibility index (Phi) is 7.07. The molecule has 6 heteroatoms. The van der Waals surface area contributed by atoms with Crippen LogP contribution in [0, 0.1) is 0 Å². The third-order valence-electron chi connectivity index (χ3n) is 4.54. The maximum Gasteiger partial charge on any atom is 0.363 e. The van der Waals surface area contributed by atoms with Crippen molar-refractivity contribution < 1.29 is 19.1 Å². The lowest BCUT2D eigenvalue weighted by Crippen LogP contribution is -2.05. The number of rotatable bonds is 6. The van der Waals surface area contributed by atoms with Crippen LogP contribution < -0.4 is 4.74 Å². The van der Waals surface area contributed by atoms with Gasteiger partial charge >= 0.3 is 11.9 Å². The smallest absolute Gasteiger partial charge is 0.363 e. The van der Waals surface area contributed by atoms with E-state index >= 15 is 0 Å². The van der Waals surface area contributed by atoms with Crippen molar-refractivity contribution in [2.24, 2.45) is 4.99 Å². The Morgan fingerprint density at radius 1 is 0.879 bits per heavy atom. The molecule has 1 heterocycles. The van der Waals surface area contributed by atoms with Gasteiger partial charge in [-0.05, 0) is 47.6 Å². The molecule has 0 radical (unpaired) electrons. The molecular weight excluding hydrogens is 482 g/mol. The minimum atomic E-state index is -0.580. The lowest BCUT2D eigenvalue weighted by molar-refractivity contribution is -0.130. The number of carbonyl (C=O) groups excluding carboxylic acids is 2. The molecule has 1 aliphatic heterocycles. The summed E-state index contributed by atoms with van der Waals surface area (Å²) in [6.45, 7) is 0. The number of esters is 2. The van der Waals surface area contributed by atoms with Crippen molar-refractivity contribution in [1.82, 2.24) is 0 Å². The van der Waals surface area contributed by atoms with Crippen molar-refractivity contribution in [3.63, 3.8) is 0 Å². The van der Waals surface area contributed by atoms with Gasteiger partial charge in [0.1, 0.15) is 5.75 Å². The summed E-state index contributed by atoms with van der Waals surface area (Å²) < 4.78 is 11.5. The van der Waals surface area contributed by atoms with Crippen molar-refractivity contribution in [1.29, 1.82) is 0 Å². The highest BCUT2D eigenvalue weighted by molar-refractivity contribution is 9.10. The summed E-state index contributed by atoms with van der Waals surface area (Å²) in [5.74, 6) is -0.632. The standard InChI is InChI=1S/C27H18BrNO4/c28-22-13-14-24(32-26(30)16-12-20-9-5-2-6-10-20)21(17-22)18-23-27(31)33-25(29-23)15-11-19-7-3-1-4-8-19/h1-18H/b15-11+,16-12+,23-18+. The van der Waals surface area contributed by atoms with Gasteiger partial charge in [-0.25, -0.2) is 14.6 Å². The average molecular weight is 500 g/mol. The zero-order valence-corrected chi connectivity index (χ0v) is 18.9. The lowest BCUT2D eigenvalue weighted by atomic mass is 10.1. The van der Waals surface area contributed by atoms with E-state index in [1.54, 1.807) is 36.4 Å². The second-order valence-corrected chi connectivity index (χ2v) is 7.88. The molecule has 0 saturated carbocycles. The minimum Gasteiger partial charge on any atom is -0.423 e. The topological polar surface area (TPSA) is 65.0 Å². The summed E-state index contributed by atoms with van der Waals surface area (Å²) in [7, 11) is 0. The molecule has 33 heavy (non-hydrogen) atoms. The van der Waals surface area contributed by atoms with Gasteiger partial charge in [0.2, 0.25) is 5.90 Å². The number of carbonyl (C=O) groups is 2. The molecule has 0 atom stereocenters. The van der Waals surface area contributed by atoms with Gasteiger partial charge < -0.3 is 9.47 Å². The molecule has 0 spiro atoms. The first-order valence-corrected chi connectivity index (χ1v) is 10.9. The molecule has 0 unspecified atom stereocenters. The quantitative estimate of drug-likeness (QED) is 0.234. The van der Waals surface area contributed by atoms with Gasteiger partial charge in [0.05, 0.1) is 0 Å². The third-order valence-corrected chi connectivity index (χ3v) is 5.03. The van der Waals surface area contributed by atoms with E-state index in [1.807, 2.05) is 60.7 Å². The number of hydrogen-bond donors (Lipinski definition) is 0. The van der Waals surface area contributed by atoms with Crippen LogP contribution in [0.2, 0.25) is 0 Å². The largest absolute Gasteiger partial charge is 0.423 e. The van der Waals surface area contributed by atoms with E-state index in [1.165, 1.54) is 12.2 Å². The number of hydrogen-bond acceptors (Lipinski definition) is 5. The predicted molar refractivity (Wildman–Crippen MR) is 132 cm³/mol. The molecule has 0 amide bonds. The van der Waals surface area contributed by atoms with Crippen LogP contribution in [-0.2, 0) is 14.3 Å². The number of aliphatic imine (C=N–C) groups is 1. The summed E-state index contributed by atoms with van der Waals surface area (Å²) in [6.07, 6.45) is 7.98. The second-order valence-electron chi connectivity index (χ2n) is 6.96. The Bertz CT molecular complexity index is 1290. The molecule has 1 aliphatic rings. The lowest BCUT2D eigenvalue weighted by Gasteiger charge is -2.06. The van der Waals surface area contributed by atoms with E-state index < -0.39 is 11.9 Å². The van der Waals surface area contributed by atoms with Gasteiger partial charge in [-0.3, -0.25) is 0 Å². The zero-order valence-electron chi connectivity index (χ0n) is 17.4. The van der Waals surface area contributed by atoms with Crippen molar-refractivity contribution >= 4 is 52.0 Å². The van der Waals surface area contributed by atoms with Crippen LogP contribution in [0.1, 0.15) is 16.7 Å². The number of cyclic esters (lactones) is 1. The number of halogens is 1. The van der Waals surface area contributed by atoms with Gasteiger partial charge in [0.25, 0.3) is 0 Å². The maximum atomic E-state index is 12.3. The molecule has 4 rings (SSSR count). The summed E-state index contributed by atoms with van der Waals surface area (Å²) in [4.78, 5) is 28.9. The molecule has 5 nitrogen and oxygen atoms in total. The van der Waals surface area contributed by atoms with Crippen LogP contribution in [0.15, 0.2) is 106 Å². The number of ether oxygens (including phenoxy) is 2. The molecule has 0 N–H and O–H groups in total. The van der Waals surface area contributed by atoms with Crippen molar-refractivity contribution in [3.05, 3.63) is 118 Å². The molecule has 0 fully saturated rings. The van der Waals surface area contributed by atoms with Gasteiger partial charge in [-0.2, -0.15) is 0 Å². The van der Waals surface area contributed by atoms with Gasteiger partial charge in [0.15, 0.2) is 5.70 Å². The van der Waals surface area contributed by atoms with Crippen molar-refractivity contribution in [2.45, 2.75) is 0 Å². The third kappa shape index (κ3) is 6.24. The summed E-state index contributed by atoms with van der Waals surface area (Å²) in [6, 6.07) is 24.2. The molecule has 0 bridgehead atoms. The monoisotopic (exact) mass is 499 g/mol. The SMILES string of the molecule is O=C(/C=C/c1ccccc1)Oc1ccc(Br)cc1/C=C1N=C(/C=C/c2ccccc2)OC/1=O. The normalized spacial score (nSPS) is 14.6. The molecular formula is C27H18BrNO4. The van der Waals surface area contributed by atoms with Crippen LogP contribution in [0.5, 0.6) is 5.75 Å². The van der Waals surface area contributed by atoms with Crippen molar-refractivity contribution in [3.8, 4) is 5.75 Å². The van der Waals surface area contributed by atoms with E-state index in [2.05, 4.69) is 20.9 Å². The van der Waals surface area contributed by atoms with E-state index in [0.717, 1.165) is 15.6 Å². The van der Waals surface area contributed by atoms with Gasteiger partial charge in [-0.1, -0.05) is 76.6 Å². The highest BCUT2D eigenvalue weighted by Gasteiger charge is 2.22. The molecule has 3 aromatic rings. The first kappa shape index (κ1) is 22.2. The highest BCUT2D eigenvalue weighted by atomic mass is 79.9. The molecule has 0 saturated heterocycles. The number of benzene rings is 3. The maximum absolute atomic E-state index is 12.3. The van der Waals surface area contributed by atoms with E-state index in [0.29, 0.717) is 11.3 Å². The van der Waals surface area contributed by atoms with E-state index in [9.17, 15) is 9.59 Å². The van der Waals surface area contributed by atoms with Crippen LogP contribution in [0.25, 0.3) is 18.2 Å². The molecule has 0 aliphatic carbocycles. The molecule has 3 aromatic carbocycles. The first-order valence-electron chi connectivity index (χ1n) is 10.1. The van der Waals surface area contributed by atoms with Crippen LogP contribution in [0.3, 0.4) is 0 Å². The predicted octanol–water partition coefficient (Wildman–Crippen LogP) is 6.08. The Morgan fingerprint density at radius 2 is 1.55 bits per heavy atom. The van der Waals surface area contributed by atoms with E-state index in [4.69, 9.17) is 9.47 Å². The highest BCUT2D eigenvalue weighted by Crippen LogP contribution is 2.27. The Hall–Kier alpha value is -4.03. The first-order chi connectivity index (χ1) is 16.1.